The zero-order valence-electron chi connectivity index (χ0n) is 14.8. The topological polar surface area (TPSA) is 143 Å². The third-order valence-corrected chi connectivity index (χ3v) is 1.11. The van der Waals surface area contributed by atoms with Gasteiger partial charge >= 0.3 is 13.4 Å². The molecule has 26 heavy (non-hydrogen) atoms. The van der Waals surface area contributed by atoms with E-state index in [9.17, 15) is 0 Å². The van der Waals surface area contributed by atoms with E-state index in [1.165, 1.54) is 7.11 Å². The maximum absolute atomic E-state index is 7.56. The first-order valence-electron chi connectivity index (χ1n) is 6.58. The molecule has 0 saturated heterocycles. The fourth-order valence-corrected chi connectivity index (χ4v) is 0.653. The average molecular weight is 447 g/mol. The summed E-state index contributed by atoms with van der Waals surface area (Å²) >= 11 is 7.21. The van der Waals surface area contributed by atoms with Gasteiger partial charge in [0.05, 0.1) is 6.21 Å². The summed E-state index contributed by atoms with van der Waals surface area (Å²) in [5.74, 6) is 0. The first-order chi connectivity index (χ1) is 11.8. The Hall–Kier alpha value is -0.770. The van der Waals surface area contributed by atoms with Gasteiger partial charge in [0.15, 0.2) is 0 Å². The van der Waals surface area contributed by atoms with Crippen LogP contribution < -0.4 is 0 Å². The number of benzene rings is 1. The summed E-state index contributed by atoms with van der Waals surface area (Å²) in [6.45, 7) is 2.89. The summed E-state index contributed by atoms with van der Waals surface area (Å²) in [5.41, 5.74) is 1.05. The van der Waals surface area contributed by atoms with Gasteiger partial charge in [-0.3, -0.25) is 0 Å². The van der Waals surface area contributed by atoms with Crippen molar-refractivity contribution in [1.29, 1.82) is 0 Å². The van der Waals surface area contributed by atoms with Crippen LogP contribution >= 0.6 is 13.4 Å². The normalized spacial score (nSPS) is 9.42. The molecule has 0 amide bonds. The predicted molar refractivity (Wildman–Crippen MR) is 115 cm³/mol. The quantitative estimate of drug-likeness (QED) is 0.174. The van der Waals surface area contributed by atoms with Crippen LogP contribution in [0.1, 0.15) is 19.4 Å². The zero-order chi connectivity index (χ0) is 21.6. The van der Waals surface area contributed by atoms with Crippen LogP contribution in [0.3, 0.4) is 0 Å². The molecule has 152 valence electrons. The molecule has 8 nitrogen and oxygen atoms in total. The molecule has 0 fully saturated rings. The second kappa shape index (κ2) is 22.3. The van der Waals surface area contributed by atoms with Gasteiger partial charge in [0.1, 0.15) is 7.11 Å². The van der Waals surface area contributed by atoms with E-state index in [-0.39, 0.29) is 0 Å². The molecule has 0 atom stereocenters. The number of oxime groups is 1. The summed E-state index contributed by atoms with van der Waals surface area (Å²) in [6.07, 6.45) is 5.17. The van der Waals surface area contributed by atoms with Gasteiger partial charge in [0.25, 0.3) is 0 Å². The minimum absolute atomic E-state index is 1.05. The fraction of sp³-hybridized carbons (Fsp3) is 0.214. The molecule has 1 aromatic rings. The van der Waals surface area contributed by atoms with Crippen LogP contribution in [0, 0.1) is 0 Å². The van der Waals surface area contributed by atoms with Crippen LogP contribution in [0.2, 0.25) is 0 Å². The molecule has 6 N–H and O–H groups in total. The number of nitrogens with zero attached hydrogens (tertiary/aromatic N) is 1. The lowest BCUT2D eigenvalue weighted by Crippen LogP contribution is -1.78. The Morgan fingerprint density at radius 2 is 1.15 bits per heavy atom. The number of hydrogen-bond donors (Lipinski definition) is 6. The number of allylic oxidation sites excluding steroid dienone is 2. The zero-order valence-corrected chi connectivity index (χ0v) is 18.2. The molecule has 1 rings (SSSR count). The second-order valence-electron chi connectivity index (χ2n) is 3.67. The van der Waals surface area contributed by atoms with E-state index in [2.05, 4.69) is 46.8 Å². The van der Waals surface area contributed by atoms with Gasteiger partial charge in [-0.1, -0.05) is 47.6 Å². The summed E-state index contributed by atoms with van der Waals surface area (Å²) in [7, 11) is 1.53. The Morgan fingerprint density at radius 1 is 0.885 bits per heavy atom. The highest BCUT2D eigenvalue weighted by Gasteiger charge is 1.92. The Balaban J connectivity index is -0.000000130. The Morgan fingerprint density at radius 3 is 1.38 bits per heavy atom. The number of rotatable bonds is 2. The van der Waals surface area contributed by atoms with Crippen molar-refractivity contribution >= 4 is 43.3 Å². The molecule has 0 saturated carbocycles. The largest absolute Gasteiger partial charge is 0.399 e. The lowest BCUT2D eigenvalue weighted by atomic mass is 10.2. The fourth-order valence-electron chi connectivity index (χ4n) is 0.653. The molecule has 0 aliphatic heterocycles. The second-order valence-corrected chi connectivity index (χ2v) is 8.66. The number of hydrogen-bond acceptors (Lipinski definition) is 4. The van der Waals surface area contributed by atoms with Crippen molar-refractivity contribution in [2.24, 2.45) is 5.16 Å². The third-order valence-electron chi connectivity index (χ3n) is 1.11. The van der Waals surface area contributed by atoms with Gasteiger partial charge in [0, 0.05) is 0 Å². The van der Waals surface area contributed by atoms with Crippen molar-refractivity contribution < 1.29 is 34.2 Å². The standard InChI is InChI=1S/C8H9NO.2C3H6.2H3O3PS/c1-10-9-7-8-5-3-2-4-6-8;2*1-3-2;2*1-4(2,3)5/h2-7H,1H3;2*3H,1H2,2H3;2*(H3,1,2,3,5). The minimum atomic E-state index is -3.81. The van der Waals surface area contributed by atoms with Crippen LogP contribution in [0.5, 0.6) is 0 Å². The van der Waals surface area contributed by atoms with Gasteiger partial charge in [-0.25, -0.2) is 0 Å². The molecule has 0 aromatic heterocycles. The highest BCUT2D eigenvalue weighted by atomic mass is 32.5. The van der Waals surface area contributed by atoms with Gasteiger partial charge in [-0.2, -0.15) is 0 Å². The van der Waals surface area contributed by atoms with Crippen LogP contribution in [-0.4, -0.2) is 42.7 Å². The summed E-state index contributed by atoms with van der Waals surface area (Å²) in [4.78, 5) is 49.9. The molecule has 0 aliphatic carbocycles. The molecule has 1 aromatic carbocycles. The van der Waals surface area contributed by atoms with E-state index in [4.69, 9.17) is 29.4 Å². The predicted octanol–water partition coefficient (Wildman–Crippen LogP) is 2.43. The SMILES string of the molecule is C=CC.C=CC.CON=Cc1ccccc1.OP(O)(O)=S.OP(O)(O)=S. The first kappa shape index (κ1) is 32.9. The van der Waals surface area contributed by atoms with Crippen molar-refractivity contribution in [3.05, 3.63) is 61.2 Å². The summed E-state index contributed by atoms with van der Waals surface area (Å²) in [5, 5.41) is 3.62. The molecular formula is C14H27NO7P2S2. The van der Waals surface area contributed by atoms with Crippen molar-refractivity contribution in [3.63, 3.8) is 0 Å². The maximum atomic E-state index is 7.56. The van der Waals surface area contributed by atoms with E-state index < -0.39 is 13.4 Å². The molecular weight excluding hydrogens is 420 g/mol. The van der Waals surface area contributed by atoms with E-state index in [0.29, 0.717) is 0 Å². The lowest BCUT2D eigenvalue weighted by molar-refractivity contribution is 0.215. The Bertz CT molecular complexity index is 517. The first-order valence-corrected chi connectivity index (χ1v) is 11.9. The smallest absolute Gasteiger partial charge is 0.319 e. The van der Waals surface area contributed by atoms with Crippen LogP contribution in [0.15, 0.2) is 60.8 Å². The molecule has 0 aliphatic rings. The minimum Gasteiger partial charge on any atom is -0.399 e. The Kier molecular flexibility index (Phi) is 28.2. The highest BCUT2D eigenvalue weighted by Crippen LogP contribution is 2.26. The van der Waals surface area contributed by atoms with Gasteiger partial charge in [-0.05, 0) is 43.0 Å². The maximum Gasteiger partial charge on any atom is 0.319 e. The van der Waals surface area contributed by atoms with Crippen molar-refractivity contribution in [2.75, 3.05) is 7.11 Å². The molecule has 0 radical (unpaired) electrons. The molecule has 0 spiro atoms. The average Bonchev–Trinajstić information content (AvgIpc) is 2.44. The molecule has 12 heteroatoms. The summed E-state index contributed by atoms with van der Waals surface area (Å²) < 4.78 is 0. The van der Waals surface area contributed by atoms with Crippen LogP contribution in [-0.2, 0) is 28.5 Å². The Labute approximate surface area is 164 Å². The molecule has 0 bridgehead atoms. The van der Waals surface area contributed by atoms with Gasteiger partial charge in [0.2, 0.25) is 0 Å². The van der Waals surface area contributed by atoms with Crippen LogP contribution in [0.4, 0.5) is 0 Å². The van der Waals surface area contributed by atoms with E-state index >= 15 is 0 Å². The van der Waals surface area contributed by atoms with Crippen molar-refractivity contribution in [2.45, 2.75) is 13.8 Å². The highest BCUT2D eigenvalue weighted by molar-refractivity contribution is 8.06. The van der Waals surface area contributed by atoms with Gasteiger partial charge < -0.3 is 34.2 Å². The lowest BCUT2D eigenvalue weighted by Gasteiger charge is -1.88. The molecule has 0 heterocycles. The monoisotopic (exact) mass is 447 g/mol. The van der Waals surface area contributed by atoms with E-state index in [0.717, 1.165) is 5.56 Å². The van der Waals surface area contributed by atoms with Crippen LogP contribution in [0.25, 0.3) is 0 Å². The van der Waals surface area contributed by atoms with Gasteiger partial charge in [-0.15, -0.1) is 13.2 Å². The van der Waals surface area contributed by atoms with E-state index in [1.807, 2.05) is 44.2 Å². The van der Waals surface area contributed by atoms with E-state index in [1.54, 1.807) is 18.4 Å². The van der Waals surface area contributed by atoms with Crippen molar-refractivity contribution in [1.82, 2.24) is 0 Å². The van der Waals surface area contributed by atoms with Crippen molar-refractivity contribution in [3.8, 4) is 0 Å². The summed E-state index contributed by atoms with van der Waals surface area (Å²) in [6, 6.07) is 9.79. The third kappa shape index (κ3) is 91.0. The molecule has 0 unspecified atom stereocenters.